The SMILES string of the molecule is CC(C)C(CNC(=O)OC(C)(C)C)CNC1CCCCC1O. The summed E-state index contributed by atoms with van der Waals surface area (Å²) in [4.78, 5) is 11.7. The number of ether oxygens (including phenoxy) is 1. The van der Waals surface area contributed by atoms with E-state index in [9.17, 15) is 9.90 Å². The Hall–Kier alpha value is -0.810. The van der Waals surface area contributed by atoms with E-state index in [1.807, 2.05) is 20.8 Å². The second kappa shape index (κ2) is 8.73. The molecule has 0 bridgehead atoms. The molecule has 1 aliphatic rings. The Morgan fingerprint density at radius 3 is 2.41 bits per heavy atom. The van der Waals surface area contributed by atoms with Crippen molar-refractivity contribution in [1.29, 1.82) is 0 Å². The third kappa shape index (κ3) is 7.45. The second-order valence-electron chi connectivity index (χ2n) is 7.75. The molecule has 0 aromatic carbocycles. The quantitative estimate of drug-likeness (QED) is 0.705. The highest BCUT2D eigenvalue weighted by atomic mass is 16.6. The Kier molecular flexibility index (Phi) is 7.63. The Balaban J connectivity index is 2.37. The van der Waals surface area contributed by atoms with Gasteiger partial charge in [0.25, 0.3) is 0 Å². The van der Waals surface area contributed by atoms with E-state index in [2.05, 4.69) is 24.5 Å². The van der Waals surface area contributed by atoms with Gasteiger partial charge in [-0.3, -0.25) is 0 Å². The Labute approximate surface area is 135 Å². The first-order chi connectivity index (χ1) is 10.2. The Morgan fingerprint density at radius 1 is 1.23 bits per heavy atom. The summed E-state index contributed by atoms with van der Waals surface area (Å²) in [5.74, 6) is 0.768. The van der Waals surface area contributed by atoms with Crippen molar-refractivity contribution in [1.82, 2.24) is 10.6 Å². The van der Waals surface area contributed by atoms with Gasteiger partial charge < -0.3 is 20.5 Å². The monoisotopic (exact) mass is 314 g/mol. The summed E-state index contributed by atoms with van der Waals surface area (Å²) in [5, 5.41) is 16.4. The molecule has 0 aliphatic heterocycles. The summed E-state index contributed by atoms with van der Waals surface area (Å²) in [6, 6.07) is 0.191. The summed E-state index contributed by atoms with van der Waals surface area (Å²) in [5.41, 5.74) is -0.470. The minimum Gasteiger partial charge on any atom is -0.444 e. The van der Waals surface area contributed by atoms with Crippen molar-refractivity contribution in [3.8, 4) is 0 Å². The second-order valence-corrected chi connectivity index (χ2v) is 7.75. The van der Waals surface area contributed by atoms with Gasteiger partial charge in [0.1, 0.15) is 5.60 Å². The number of amides is 1. The first-order valence-corrected chi connectivity index (χ1v) is 8.57. The fraction of sp³-hybridized carbons (Fsp3) is 0.941. The lowest BCUT2D eigenvalue weighted by Crippen LogP contribution is -2.46. The molecule has 0 aromatic rings. The lowest BCUT2D eigenvalue weighted by Gasteiger charge is -2.31. The van der Waals surface area contributed by atoms with Crippen LogP contribution in [-0.2, 0) is 4.74 Å². The van der Waals surface area contributed by atoms with E-state index < -0.39 is 5.60 Å². The maximum Gasteiger partial charge on any atom is 0.407 e. The molecule has 0 aromatic heterocycles. The molecular weight excluding hydrogens is 280 g/mol. The number of nitrogens with one attached hydrogen (secondary N) is 2. The van der Waals surface area contributed by atoms with Crippen molar-refractivity contribution in [2.45, 2.75) is 78.0 Å². The zero-order valence-electron chi connectivity index (χ0n) is 14.8. The topological polar surface area (TPSA) is 70.6 Å². The molecule has 1 aliphatic carbocycles. The summed E-state index contributed by atoms with van der Waals surface area (Å²) in [6.45, 7) is 11.3. The zero-order chi connectivity index (χ0) is 16.8. The summed E-state index contributed by atoms with van der Waals surface area (Å²) in [7, 11) is 0. The molecule has 0 spiro atoms. The van der Waals surface area contributed by atoms with Crippen molar-refractivity contribution >= 4 is 6.09 Å². The van der Waals surface area contributed by atoms with E-state index >= 15 is 0 Å². The van der Waals surface area contributed by atoms with Gasteiger partial charge in [0.2, 0.25) is 0 Å². The molecule has 1 fully saturated rings. The van der Waals surface area contributed by atoms with Gasteiger partial charge in [-0.15, -0.1) is 0 Å². The van der Waals surface area contributed by atoms with E-state index in [1.165, 1.54) is 6.42 Å². The highest BCUT2D eigenvalue weighted by molar-refractivity contribution is 5.67. The smallest absolute Gasteiger partial charge is 0.407 e. The predicted molar refractivity (Wildman–Crippen MR) is 88.8 cm³/mol. The lowest BCUT2D eigenvalue weighted by atomic mass is 9.90. The average molecular weight is 314 g/mol. The molecule has 5 heteroatoms. The molecule has 1 rings (SSSR count). The van der Waals surface area contributed by atoms with Crippen LogP contribution in [0.5, 0.6) is 0 Å². The number of rotatable bonds is 6. The third-order valence-corrected chi connectivity index (χ3v) is 4.22. The third-order valence-electron chi connectivity index (χ3n) is 4.22. The number of aliphatic hydroxyl groups is 1. The van der Waals surface area contributed by atoms with Gasteiger partial charge in [0.05, 0.1) is 6.10 Å². The fourth-order valence-electron chi connectivity index (χ4n) is 2.72. The maximum atomic E-state index is 11.7. The van der Waals surface area contributed by atoms with Crippen molar-refractivity contribution in [3.05, 3.63) is 0 Å². The van der Waals surface area contributed by atoms with Crippen LogP contribution in [0.15, 0.2) is 0 Å². The van der Waals surface area contributed by atoms with Crippen LogP contribution >= 0.6 is 0 Å². The highest BCUT2D eigenvalue weighted by Gasteiger charge is 2.24. The van der Waals surface area contributed by atoms with Gasteiger partial charge in [0.15, 0.2) is 0 Å². The number of hydrogen-bond donors (Lipinski definition) is 3. The van der Waals surface area contributed by atoms with Gasteiger partial charge in [0, 0.05) is 19.1 Å². The Morgan fingerprint density at radius 2 is 1.86 bits per heavy atom. The van der Waals surface area contributed by atoms with E-state index in [-0.39, 0.29) is 18.2 Å². The molecule has 0 heterocycles. The number of hydrogen-bond acceptors (Lipinski definition) is 4. The Bertz CT molecular complexity index is 339. The van der Waals surface area contributed by atoms with E-state index in [0.717, 1.165) is 25.8 Å². The zero-order valence-corrected chi connectivity index (χ0v) is 14.8. The van der Waals surface area contributed by atoms with Crippen LogP contribution in [0.3, 0.4) is 0 Å². The number of alkyl carbamates (subject to hydrolysis) is 1. The minimum absolute atomic E-state index is 0.191. The summed E-state index contributed by atoms with van der Waals surface area (Å²) < 4.78 is 5.27. The summed E-state index contributed by atoms with van der Waals surface area (Å²) >= 11 is 0. The van der Waals surface area contributed by atoms with Crippen molar-refractivity contribution in [3.63, 3.8) is 0 Å². The van der Waals surface area contributed by atoms with Gasteiger partial charge in [-0.1, -0.05) is 26.7 Å². The molecule has 3 unspecified atom stereocenters. The standard InChI is InChI=1S/C17H34N2O3/c1-12(2)13(11-19-16(21)22-17(3,4)5)10-18-14-8-6-7-9-15(14)20/h12-15,18,20H,6-11H2,1-5H3,(H,19,21). The van der Waals surface area contributed by atoms with Crippen molar-refractivity contribution in [2.75, 3.05) is 13.1 Å². The average Bonchev–Trinajstić information content (AvgIpc) is 2.38. The van der Waals surface area contributed by atoms with Gasteiger partial charge in [-0.2, -0.15) is 0 Å². The molecule has 3 N–H and O–H groups in total. The maximum absolute atomic E-state index is 11.7. The van der Waals surface area contributed by atoms with Gasteiger partial charge >= 0.3 is 6.09 Å². The van der Waals surface area contributed by atoms with Gasteiger partial charge in [-0.25, -0.2) is 4.79 Å². The number of aliphatic hydroxyl groups excluding tert-OH is 1. The molecule has 130 valence electrons. The molecule has 0 radical (unpaired) electrons. The molecule has 5 nitrogen and oxygen atoms in total. The number of carbonyl (C=O) groups is 1. The van der Waals surface area contributed by atoms with Crippen LogP contribution in [0.4, 0.5) is 4.79 Å². The largest absolute Gasteiger partial charge is 0.444 e. The molecule has 3 atom stereocenters. The first-order valence-electron chi connectivity index (χ1n) is 8.57. The molecule has 1 amide bonds. The van der Waals surface area contributed by atoms with Crippen molar-refractivity contribution < 1.29 is 14.6 Å². The number of carbonyl (C=O) groups excluding carboxylic acids is 1. The van der Waals surface area contributed by atoms with E-state index in [0.29, 0.717) is 18.4 Å². The molecule has 0 saturated heterocycles. The van der Waals surface area contributed by atoms with Crippen LogP contribution in [-0.4, -0.2) is 42.0 Å². The fourth-order valence-corrected chi connectivity index (χ4v) is 2.72. The van der Waals surface area contributed by atoms with Crippen LogP contribution in [0.1, 0.15) is 60.3 Å². The first kappa shape index (κ1) is 19.2. The van der Waals surface area contributed by atoms with Crippen molar-refractivity contribution in [2.24, 2.45) is 11.8 Å². The van der Waals surface area contributed by atoms with E-state index in [1.54, 1.807) is 0 Å². The highest BCUT2D eigenvalue weighted by Crippen LogP contribution is 2.19. The van der Waals surface area contributed by atoms with Crippen LogP contribution in [0.25, 0.3) is 0 Å². The molecular formula is C17H34N2O3. The predicted octanol–water partition coefficient (Wildman–Crippen LogP) is 2.68. The molecule has 1 saturated carbocycles. The normalized spacial score (nSPS) is 24.1. The van der Waals surface area contributed by atoms with Gasteiger partial charge in [-0.05, 0) is 45.4 Å². The lowest BCUT2D eigenvalue weighted by molar-refractivity contribution is 0.0510. The molecule has 22 heavy (non-hydrogen) atoms. The minimum atomic E-state index is -0.470. The van der Waals surface area contributed by atoms with Crippen LogP contribution in [0.2, 0.25) is 0 Å². The van der Waals surface area contributed by atoms with Crippen LogP contribution in [0, 0.1) is 11.8 Å². The summed E-state index contributed by atoms with van der Waals surface area (Å²) in [6.07, 6.45) is 3.62. The van der Waals surface area contributed by atoms with Crippen LogP contribution < -0.4 is 10.6 Å². The van der Waals surface area contributed by atoms with E-state index in [4.69, 9.17) is 4.74 Å².